The molecule has 0 unspecified atom stereocenters. The summed E-state index contributed by atoms with van der Waals surface area (Å²) in [4.78, 5) is 11.4. The minimum absolute atomic E-state index is 0.130. The molecule has 0 atom stereocenters. The Morgan fingerprint density at radius 2 is 2.12 bits per heavy atom. The summed E-state index contributed by atoms with van der Waals surface area (Å²) in [6.07, 6.45) is 2.00. The smallest absolute Gasteiger partial charge is 0.337 e. The van der Waals surface area contributed by atoms with Crippen molar-refractivity contribution >= 4 is 5.97 Å². The highest BCUT2D eigenvalue weighted by atomic mass is 16.5. The third-order valence-corrected chi connectivity index (χ3v) is 2.34. The SMILES string of the molecule is CCCCOc1cc(CO)cc(C(=O)OC)c1. The zero-order chi connectivity index (χ0) is 12.7. The molecular formula is C13H18O4. The molecule has 0 fully saturated rings. The van der Waals surface area contributed by atoms with Crippen molar-refractivity contribution in [2.75, 3.05) is 13.7 Å². The summed E-state index contributed by atoms with van der Waals surface area (Å²) >= 11 is 0. The average Bonchev–Trinajstić information content (AvgIpc) is 2.37. The second-order valence-electron chi connectivity index (χ2n) is 3.72. The van der Waals surface area contributed by atoms with Crippen LogP contribution >= 0.6 is 0 Å². The predicted octanol–water partition coefficient (Wildman–Crippen LogP) is 2.14. The first-order chi connectivity index (χ1) is 8.21. The van der Waals surface area contributed by atoms with Crippen LogP contribution in [0.5, 0.6) is 5.75 Å². The topological polar surface area (TPSA) is 55.8 Å². The zero-order valence-electron chi connectivity index (χ0n) is 10.2. The summed E-state index contributed by atoms with van der Waals surface area (Å²) < 4.78 is 10.1. The van der Waals surface area contributed by atoms with E-state index in [2.05, 4.69) is 11.7 Å². The van der Waals surface area contributed by atoms with E-state index in [0.29, 0.717) is 23.5 Å². The summed E-state index contributed by atoms with van der Waals surface area (Å²) in [5, 5.41) is 9.10. The lowest BCUT2D eigenvalue weighted by Gasteiger charge is -2.09. The average molecular weight is 238 g/mol. The van der Waals surface area contributed by atoms with Crippen molar-refractivity contribution in [1.29, 1.82) is 0 Å². The van der Waals surface area contributed by atoms with E-state index in [1.807, 2.05) is 0 Å². The third-order valence-electron chi connectivity index (χ3n) is 2.34. The second kappa shape index (κ2) is 6.91. The molecule has 94 valence electrons. The van der Waals surface area contributed by atoms with Crippen LogP contribution < -0.4 is 4.74 Å². The molecular weight excluding hydrogens is 220 g/mol. The van der Waals surface area contributed by atoms with Crippen LogP contribution in [-0.4, -0.2) is 24.8 Å². The number of aliphatic hydroxyl groups excluding tert-OH is 1. The quantitative estimate of drug-likeness (QED) is 0.609. The minimum Gasteiger partial charge on any atom is -0.494 e. The Labute approximate surface area is 101 Å². The van der Waals surface area contributed by atoms with Gasteiger partial charge in [0.2, 0.25) is 0 Å². The number of benzene rings is 1. The summed E-state index contributed by atoms with van der Waals surface area (Å²) in [5.74, 6) is 0.158. The van der Waals surface area contributed by atoms with Crippen LogP contribution in [0, 0.1) is 0 Å². The van der Waals surface area contributed by atoms with Gasteiger partial charge in [-0.3, -0.25) is 0 Å². The molecule has 0 amide bonds. The van der Waals surface area contributed by atoms with Gasteiger partial charge >= 0.3 is 5.97 Å². The zero-order valence-corrected chi connectivity index (χ0v) is 10.2. The minimum atomic E-state index is -0.430. The van der Waals surface area contributed by atoms with Gasteiger partial charge in [-0.15, -0.1) is 0 Å². The third kappa shape index (κ3) is 4.07. The number of unbranched alkanes of at least 4 members (excludes halogenated alkanes) is 1. The predicted molar refractivity (Wildman–Crippen MR) is 64.1 cm³/mol. The highest BCUT2D eigenvalue weighted by Crippen LogP contribution is 2.18. The molecule has 0 saturated carbocycles. The van der Waals surface area contributed by atoms with Gasteiger partial charge < -0.3 is 14.6 Å². The molecule has 1 rings (SSSR count). The van der Waals surface area contributed by atoms with E-state index in [1.165, 1.54) is 7.11 Å². The molecule has 1 aromatic carbocycles. The maximum Gasteiger partial charge on any atom is 0.337 e. The Morgan fingerprint density at radius 3 is 2.71 bits per heavy atom. The fourth-order valence-corrected chi connectivity index (χ4v) is 1.41. The Morgan fingerprint density at radius 1 is 1.35 bits per heavy atom. The summed E-state index contributed by atoms with van der Waals surface area (Å²) in [5.41, 5.74) is 1.03. The van der Waals surface area contributed by atoms with Crippen LogP contribution in [0.1, 0.15) is 35.7 Å². The molecule has 0 heterocycles. The van der Waals surface area contributed by atoms with Gasteiger partial charge in [-0.05, 0) is 30.2 Å². The Balaban J connectivity index is 2.85. The van der Waals surface area contributed by atoms with Crippen molar-refractivity contribution in [2.45, 2.75) is 26.4 Å². The molecule has 1 aromatic rings. The van der Waals surface area contributed by atoms with Crippen molar-refractivity contribution < 1.29 is 19.4 Å². The number of carbonyl (C=O) groups excluding carboxylic acids is 1. The van der Waals surface area contributed by atoms with E-state index in [0.717, 1.165) is 12.8 Å². The molecule has 0 aliphatic rings. The number of esters is 1. The molecule has 0 aromatic heterocycles. The molecule has 0 aliphatic carbocycles. The molecule has 4 heteroatoms. The van der Waals surface area contributed by atoms with Crippen LogP contribution in [0.15, 0.2) is 18.2 Å². The second-order valence-corrected chi connectivity index (χ2v) is 3.72. The van der Waals surface area contributed by atoms with Crippen LogP contribution in [0.25, 0.3) is 0 Å². The van der Waals surface area contributed by atoms with E-state index in [9.17, 15) is 4.79 Å². The van der Waals surface area contributed by atoms with E-state index in [1.54, 1.807) is 18.2 Å². The van der Waals surface area contributed by atoms with Crippen molar-refractivity contribution in [1.82, 2.24) is 0 Å². The van der Waals surface area contributed by atoms with Gasteiger partial charge in [0.25, 0.3) is 0 Å². The molecule has 0 saturated heterocycles. The lowest BCUT2D eigenvalue weighted by atomic mass is 10.1. The first-order valence-corrected chi connectivity index (χ1v) is 5.67. The van der Waals surface area contributed by atoms with Crippen LogP contribution in [0.3, 0.4) is 0 Å². The van der Waals surface area contributed by atoms with E-state index in [-0.39, 0.29) is 6.61 Å². The monoisotopic (exact) mass is 238 g/mol. The normalized spacial score (nSPS) is 10.1. The maximum absolute atomic E-state index is 11.4. The lowest BCUT2D eigenvalue weighted by Crippen LogP contribution is -2.04. The molecule has 0 radical (unpaired) electrons. The number of aliphatic hydroxyl groups is 1. The van der Waals surface area contributed by atoms with Gasteiger partial charge in [-0.25, -0.2) is 4.79 Å². The number of hydrogen-bond acceptors (Lipinski definition) is 4. The van der Waals surface area contributed by atoms with E-state index >= 15 is 0 Å². The Kier molecular flexibility index (Phi) is 5.49. The van der Waals surface area contributed by atoms with Gasteiger partial charge in [0, 0.05) is 0 Å². The maximum atomic E-state index is 11.4. The first kappa shape index (κ1) is 13.5. The summed E-state index contributed by atoms with van der Waals surface area (Å²) in [6.45, 7) is 2.55. The van der Waals surface area contributed by atoms with Gasteiger partial charge in [0.15, 0.2) is 0 Å². The molecule has 17 heavy (non-hydrogen) atoms. The summed E-state index contributed by atoms with van der Waals surface area (Å²) in [7, 11) is 1.32. The van der Waals surface area contributed by atoms with Gasteiger partial charge in [-0.2, -0.15) is 0 Å². The van der Waals surface area contributed by atoms with Crippen molar-refractivity contribution in [2.24, 2.45) is 0 Å². The standard InChI is InChI=1S/C13H18O4/c1-3-4-5-17-12-7-10(9-14)6-11(8-12)13(15)16-2/h6-8,14H,3-5,9H2,1-2H3. The first-order valence-electron chi connectivity index (χ1n) is 5.67. The molecule has 0 aliphatic heterocycles. The van der Waals surface area contributed by atoms with Crippen molar-refractivity contribution in [3.63, 3.8) is 0 Å². The van der Waals surface area contributed by atoms with E-state index < -0.39 is 5.97 Å². The number of carbonyl (C=O) groups is 1. The summed E-state index contributed by atoms with van der Waals surface area (Å²) in [6, 6.07) is 4.95. The molecule has 4 nitrogen and oxygen atoms in total. The fourth-order valence-electron chi connectivity index (χ4n) is 1.41. The highest BCUT2D eigenvalue weighted by molar-refractivity contribution is 5.90. The van der Waals surface area contributed by atoms with Crippen LogP contribution in [0.4, 0.5) is 0 Å². The number of ether oxygens (including phenoxy) is 2. The van der Waals surface area contributed by atoms with Gasteiger partial charge in [0.05, 0.1) is 25.9 Å². The van der Waals surface area contributed by atoms with Crippen molar-refractivity contribution in [3.05, 3.63) is 29.3 Å². The Bertz CT molecular complexity index is 374. The van der Waals surface area contributed by atoms with Gasteiger partial charge in [0.1, 0.15) is 5.75 Å². The molecule has 0 bridgehead atoms. The molecule has 0 spiro atoms. The van der Waals surface area contributed by atoms with Crippen LogP contribution in [0.2, 0.25) is 0 Å². The number of methoxy groups -OCH3 is 1. The fraction of sp³-hybridized carbons (Fsp3) is 0.462. The Hall–Kier alpha value is -1.55. The highest BCUT2D eigenvalue weighted by Gasteiger charge is 2.09. The number of rotatable bonds is 6. The largest absolute Gasteiger partial charge is 0.494 e. The van der Waals surface area contributed by atoms with Crippen molar-refractivity contribution in [3.8, 4) is 5.75 Å². The lowest BCUT2D eigenvalue weighted by molar-refractivity contribution is 0.0600. The van der Waals surface area contributed by atoms with Crippen LogP contribution in [-0.2, 0) is 11.3 Å². The van der Waals surface area contributed by atoms with E-state index in [4.69, 9.17) is 9.84 Å². The molecule has 1 N–H and O–H groups in total. The number of hydrogen-bond donors (Lipinski definition) is 1. The van der Waals surface area contributed by atoms with Gasteiger partial charge in [-0.1, -0.05) is 13.3 Å².